The van der Waals surface area contributed by atoms with E-state index in [4.69, 9.17) is 0 Å². The van der Waals surface area contributed by atoms with Crippen LogP contribution in [0.15, 0.2) is 0 Å². The van der Waals surface area contributed by atoms with Gasteiger partial charge in [0.25, 0.3) is 0 Å². The zero-order valence-corrected chi connectivity index (χ0v) is 13.6. The van der Waals surface area contributed by atoms with E-state index in [9.17, 15) is 0 Å². The maximum Gasteiger partial charge on any atom is 0.168 e. The highest BCUT2D eigenvalue weighted by molar-refractivity contribution is 4.94. The molecule has 1 N–H and O–H groups in total. The summed E-state index contributed by atoms with van der Waals surface area (Å²) in [6.45, 7) is 12.3. The van der Waals surface area contributed by atoms with E-state index >= 15 is 0 Å². The minimum absolute atomic E-state index is 0.210. The molecule has 2 rings (SSSR count). The lowest BCUT2D eigenvalue weighted by Gasteiger charge is -2.34. The number of rotatable bonds is 5. The molecule has 1 saturated carbocycles. The lowest BCUT2D eigenvalue weighted by molar-refractivity contribution is 0.180. The van der Waals surface area contributed by atoms with Crippen molar-refractivity contribution < 1.29 is 0 Å². The summed E-state index contributed by atoms with van der Waals surface area (Å²) in [5, 5.41) is 15.9. The Hall–Kier alpha value is -0.970. The van der Waals surface area contributed by atoms with Crippen LogP contribution in [-0.2, 0) is 0 Å². The lowest BCUT2D eigenvalue weighted by atomic mass is 9.75. The van der Waals surface area contributed by atoms with E-state index in [2.05, 4.69) is 60.1 Å². The highest BCUT2D eigenvalue weighted by atomic mass is 15.6. The predicted molar refractivity (Wildman–Crippen MR) is 80.4 cm³/mol. The van der Waals surface area contributed by atoms with Gasteiger partial charge in [-0.2, -0.15) is 0 Å². The molecule has 1 fully saturated rings. The molecule has 114 valence electrons. The molecule has 0 saturated heterocycles. The summed E-state index contributed by atoms with van der Waals surface area (Å²) in [6, 6.07) is 0.679. The number of nitrogens with zero attached hydrogens (tertiary/aromatic N) is 4. The summed E-state index contributed by atoms with van der Waals surface area (Å²) in [7, 11) is 0. The van der Waals surface area contributed by atoms with Crippen molar-refractivity contribution in [2.24, 2.45) is 11.3 Å². The van der Waals surface area contributed by atoms with Crippen LogP contribution in [-0.4, -0.2) is 26.8 Å². The Morgan fingerprint density at radius 2 is 1.90 bits per heavy atom. The lowest BCUT2D eigenvalue weighted by Crippen LogP contribution is -2.29. The summed E-state index contributed by atoms with van der Waals surface area (Å²) in [5.74, 6) is 1.62. The summed E-state index contributed by atoms with van der Waals surface area (Å²) < 4.78 is 2.06. The van der Waals surface area contributed by atoms with E-state index in [0.717, 1.165) is 12.4 Å². The van der Waals surface area contributed by atoms with Gasteiger partial charge >= 0.3 is 0 Å². The van der Waals surface area contributed by atoms with Gasteiger partial charge in [-0.1, -0.05) is 27.7 Å². The Kier molecular flexibility index (Phi) is 4.78. The molecule has 0 amide bonds. The Morgan fingerprint density at radius 3 is 2.50 bits per heavy atom. The van der Waals surface area contributed by atoms with Crippen molar-refractivity contribution in [3.05, 3.63) is 5.82 Å². The van der Waals surface area contributed by atoms with E-state index in [1.54, 1.807) is 0 Å². The van der Waals surface area contributed by atoms with Crippen LogP contribution in [0.3, 0.4) is 0 Å². The van der Waals surface area contributed by atoms with Crippen LogP contribution in [0.1, 0.15) is 78.2 Å². The summed E-state index contributed by atoms with van der Waals surface area (Å²) in [4.78, 5) is 0. The van der Waals surface area contributed by atoms with Crippen molar-refractivity contribution in [2.45, 2.75) is 72.4 Å². The van der Waals surface area contributed by atoms with E-state index in [-0.39, 0.29) is 6.04 Å². The first-order valence-corrected chi connectivity index (χ1v) is 7.90. The van der Waals surface area contributed by atoms with Gasteiger partial charge in [0.2, 0.25) is 0 Å². The molecule has 0 spiro atoms. The number of hydrogen-bond donors (Lipinski definition) is 1. The molecule has 0 aliphatic heterocycles. The summed E-state index contributed by atoms with van der Waals surface area (Å²) in [6.07, 6.45) is 4.87. The third-order valence-electron chi connectivity index (χ3n) is 4.39. The maximum atomic E-state index is 4.25. The SMILES string of the molecule is CC(C)CNC(C)c1nnnn1C1CCC(C)(C)CC1. The molecule has 1 heterocycles. The van der Waals surface area contributed by atoms with Crippen molar-refractivity contribution in [3.63, 3.8) is 0 Å². The predicted octanol–water partition coefficient (Wildman–Crippen LogP) is 3.12. The molecule has 5 heteroatoms. The number of hydrogen-bond acceptors (Lipinski definition) is 4. The second-order valence-corrected chi connectivity index (χ2v) is 7.40. The Bertz CT molecular complexity index is 414. The molecule has 1 unspecified atom stereocenters. The largest absolute Gasteiger partial charge is 0.307 e. The van der Waals surface area contributed by atoms with Crippen LogP contribution >= 0.6 is 0 Å². The van der Waals surface area contributed by atoms with E-state index in [0.29, 0.717) is 17.4 Å². The number of aromatic nitrogens is 4. The maximum absolute atomic E-state index is 4.25. The molecule has 1 aromatic heterocycles. The molecule has 1 aromatic rings. The van der Waals surface area contributed by atoms with Crippen molar-refractivity contribution in [1.29, 1.82) is 0 Å². The van der Waals surface area contributed by atoms with Crippen molar-refractivity contribution in [2.75, 3.05) is 6.54 Å². The van der Waals surface area contributed by atoms with Crippen LogP contribution in [0.5, 0.6) is 0 Å². The summed E-state index contributed by atoms with van der Waals surface area (Å²) >= 11 is 0. The average Bonchev–Trinajstić information content (AvgIpc) is 2.85. The molecule has 0 aromatic carbocycles. The van der Waals surface area contributed by atoms with Gasteiger partial charge in [-0.05, 0) is 60.9 Å². The second-order valence-electron chi connectivity index (χ2n) is 7.40. The standard InChI is InChI=1S/C15H29N5/c1-11(2)10-16-12(3)14-17-18-19-20(14)13-6-8-15(4,5)9-7-13/h11-13,16H,6-10H2,1-5H3. The second kappa shape index (κ2) is 6.20. The zero-order valence-electron chi connectivity index (χ0n) is 13.6. The third-order valence-corrected chi connectivity index (χ3v) is 4.39. The number of nitrogens with one attached hydrogen (secondary N) is 1. The fourth-order valence-corrected chi connectivity index (χ4v) is 2.88. The molecule has 5 nitrogen and oxygen atoms in total. The van der Waals surface area contributed by atoms with E-state index < -0.39 is 0 Å². The molecule has 1 atom stereocenters. The smallest absolute Gasteiger partial charge is 0.168 e. The molecule has 0 bridgehead atoms. The minimum Gasteiger partial charge on any atom is -0.307 e. The van der Waals surface area contributed by atoms with E-state index in [1.165, 1.54) is 25.7 Å². The Labute approximate surface area is 122 Å². The summed E-state index contributed by atoms with van der Waals surface area (Å²) in [5.41, 5.74) is 0.478. The van der Waals surface area contributed by atoms with Gasteiger partial charge in [0.05, 0.1) is 12.1 Å². The van der Waals surface area contributed by atoms with Gasteiger partial charge in [0.15, 0.2) is 5.82 Å². The first-order valence-electron chi connectivity index (χ1n) is 7.90. The molecule has 1 aliphatic rings. The Balaban J connectivity index is 2.01. The van der Waals surface area contributed by atoms with Gasteiger partial charge in [-0.25, -0.2) is 4.68 Å². The zero-order chi connectivity index (χ0) is 14.8. The molecule has 1 aliphatic carbocycles. The van der Waals surface area contributed by atoms with Crippen molar-refractivity contribution in [3.8, 4) is 0 Å². The van der Waals surface area contributed by atoms with Crippen molar-refractivity contribution >= 4 is 0 Å². The normalized spacial score (nSPS) is 21.3. The molecular formula is C15H29N5. The fourth-order valence-electron chi connectivity index (χ4n) is 2.88. The molecular weight excluding hydrogens is 250 g/mol. The fraction of sp³-hybridized carbons (Fsp3) is 0.933. The van der Waals surface area contributed by atoms with Crippen LogP contribution in [0.2, 0.25) is 0 Å². The number of tetrazole rings is 1. The van der Waals surface area contributed by atoms with Crippen LogP contribution in [0, 0.1) is 11.3 Å². The first-order chi connectivity index (χ1) is 9.39. The quantitative estimate of drug-likeness (QED) is 0.899. The highest BCUT2D eigenvalue weighted by Crippen LogP contribution is 2.40. The van der Waals surface area contributed by atoms with Crippen LogP contribution in [0.4, 0.5) is 0 Å². The topological polar surface area (TPSA) is 55.6 Å². The molecule has 0 radical (unpaired) electrons. The van der Waals surface area contributed by atoms with Gasteiger partial charge in [0, 0.05) is 0 Å². The van der Waals surface area contributed by atoms with Crippen molar-refractivity contribution in [1.82, 2.24) is 25.5 Å². The first kappa shape index (κ1) is 15.4. The average molecular weight is 279 g/mol. The highest BCUT2D eigenvalue weighted by Gasteiger charge is 2.30. The Morgan fingerprint density at radius 1 is 1.25 bits per heavy atom. The third kappa shape index (κ3) is 3.78. The van der Waals surface area contributed by atoms with Crippen LogP contribution < -0.4 is 5.32 Å². The van der Waals surface area contributed by atoms with Crippen LogP contribution in [0.25, 0.3) is 0 Å². The van der Waals surface area contributed by atoms with Gasteiger partial charge < -0.3 is 5.32 Å². The van der Waals surface area contributed by atoms with Gasteiger partial charge in [0.1, 0.15) is 0 Å². The van der Waals surface area contributed by atoms with Gasteiger partial charge in [-0.3, -0.25) is 0 Å². The monoisotopic (exact) mass is 279 g/mol. The van der Waals surface area contributed by atoms with E-state index in [1.807, 2.05) is 0 Å². The minimum atomic E-state index is 0.210. The molecule has 20 heavy (non-hydrogen) atoms. The van der Waals surface area contributed by atoms with Gasteiger partial charge in [-0.15, -0.1) is 5.10 Å².